The van der Waals surface area contributed by atoms with Gasteiger partial charge in [-0.25, -0.2) is 0 Å². The molecule has 0 N–H and O–H groups in total. The molecule has 64 valence electrons. The molecule has 3 heteroatoms. The zero-order valence-electron chi connectivity index (χ0n) is 7.04. The molecule has 0 aliphatic heterocycles. The van der Waals surface area contributed by atoms with Crippen molar-refractivity contribution in [2.24, 2.45) is 0 Å². The fourth-order valence-electron chi connectivity index (χ4n) is 0.908. The minimum absolute atomic E-state index is 0.916. The van der Waals surface area contributed by atoms with E-state index in [4.69, 9.17) is 4.74 Å². The van der Waals surface area contributed by atoms with Gasteiger partial charge in [0.2, 0.25) is 0 Å². The number of allylic oxidation sites excluding steroid dienone is 1. The van der Waals surface area contributed by atoms with Gasteiger partial charge in [0.1, 0.15) is 0 Å². The first-order valence-corrected chi connectivity index (χ1v) is 4.35. The molecular weight excluding hydrogens is 218 g/mol. The Morgan fingerprint density at radius 3 is 3.00 bits per heavy atom. The Bertz CT molecular complexity index is 296. The van der Waals surface area contributed by atoms with Crippen molar-refractivity contribution in [2.75, 3.05) is 7.11 Å². The van der Waals surface area contributed by atoms with Gasteiger partial charge >= 0.3 is 0 Å². The molecule has 0 aliphatic rings. The molecule has 12 heavy (non-hydrogen) atoms. The van der Waals surface area contributed by atoms with Crippen molar-refractivity contribution < 1.29 is 4.74 Å². The lowest BCUT2D eigenvalue weighted by molar-refractivity contribution is 0.339. The lowest BCUT2D eigenvalue weighted by Crippen LogP contribution is -1.87. The number of halogens is 1. The molecule has 0 bridgehead atoms. The molecule has 0 saturated carbocycles. The van der Waals surface area contributed by atoms with Gasteiger partial charge in [-0.1, -0.05) is 0 Å². The van der Waals surface area contributed by atoms with Gasteiger partial charge < -0.3 is 4.74 Å². The van der Waals surface area contributed by atoms with Gasteiger partial charge in [0.05, 0.1) is 19.1 Å². The van der Waals surface area contributed by atoms with Gasteiger partial charge in [0.25, 0.3) is 0 Å². The van der Waals surface area contributed by atoms with E-state index >= 15 is 0 Å². The van der Waals surface area contributed by atoms with Crippen molar-refractivity contribution in [1.29, 1.82) is 0 Å². The number of aromatic nitrogens is 1. The van der Waals surface area contributed by atoms with Crippen molar-refractivity contribution >= 4 is 21.5 Å². The predicted octanol–water partition coefficient (Wildman–Crippen LogP) is 2.85. The molecular formula is C9H10BrNO. The van der Waals surface area contributed by atoms with Crippen LogP contribution in [0.15, 0.2) is 29.1 Å². The molecule has 2 nitrogen and oxygen atoms in total. The van der Waals surface area contributed by atoms with Crippen molar-refractivity contribution in [1.82, 2.24) is 4.98 Å². The molecule has 0 radical (unpaired) electrons. The van der Waals surface area contributed by atoms with Crippen LogP contribution in [0.2, 0.25) is 0 Å². The summed E-state index contributed by atoms with van der Waals surface area (Å²) in [6.45, 7) is 1.95. The van der Waals surface area contributed by atoms with Gasteiger partial charge in [-0.05, 0) is 35.0 Å². The molecule has 0 atom stereocenters. The highest BCUT2D eigenvalue weighted by molar-refractivity contribution is 9.10. The molecule has 0 amide bonds. The fraction of sp³-hybridized carbons (Fsp3) is 0.222. The molecule has 1 heterocycles. The summed E-state index contributed by atoms with van der Waals surface area (Å²) in [7, 11) is 1.63. The number of methoxy groups -OCH3 is 1. The molecule has 0 aliphatic carbocycles. The SMILES string of the molecule is COC=C(C)c1ncccc1Br. The maximum atomic E-state index is 4.89. The summed E-state index contributed by atoms with van der Waals surface area (Å²) in [4.78, 5) is 4.20. The van der Waals surface area contributed by atoms with E-state index in [1.807, 2.05) is 19.1 Å². The minimum Gasteiger partial charge on any atom is -0.504 e. The highest BCUT2D eigenvalue weighted by Crippen LogP contribution is 2.20. The molecule has 1 rings (SSSR count). The van der Waals surface area contributed by atoms with E-state index in [9.17, 15) is 0 Å². The van der Waals surface area contributed by atoms with Crippen molar-refractivity contribution in [3.05, 3.63) is 34.8 Å². The summed E-state index contributed by atoms with van der Waals surface area (Å²) in [5.41, 5.74) is 1.92. The van der Waals surface area contributed by atoms with Gasteiger partial charge in [-0.3, -0.25) is 4.98 Å². The summed E-state index contributed by atoms with van der Waals surface area (Å²) >= 11 is 3.41. The average molecular weight is 228 g/mol. The van der Waals surface area contributed by atoms with Crippen molar-refractivity contribution in [2.45, 2.75) is 6.92 Å². The topological polar surface area (TPSA) is 22.1 Å². The number of pyridine rings is 1. The highest BCUT2D eigenvalue weighted by Gasteiger charge is 2.01. The molecule has 0 aromatic carbocycles. The highest BCUT2D eigenvalue weighted by atomic mass is 79.9. The normalized spacial score (nSPS) is 11.4. The molecule has 1 aromatic rings. The van der Waals surface area contributed by atoms with E-state index in [0.29, 0.717) is 0 Å². The maximum Gasteiger partial charge on any atom is 0.0875 e. The molecule has 0 saturated heterocycles. The second-order valence-corrected chi connectivity index (χ2v) is 3.22. The fourth-order valence-corrected chi connectivity index (χ4v) is 1.48. The second kappa shape index (κ2) is 4.26. The molecule has 0 fully saturated rings. The summed E-state index contributed by atoms with van der Waals surface area (Å²) in [5.74, 6) is 0. The number of hydrogen-bond acceptors (Lipinski definition) is 2. The Morgan fingerprint density at radius 2 is 2.42 bits per heavy atom. The zero-order valence-corrected chi connectivity index (χ0v) is 8.63. The third-order valence-electron chi connectivity index (χ3n) is 1.43. The van der Waals surface area contributed by atoms with Crippen LogP contribution in [0.5, 0.6) is 0 Å². The lowest BCUT2D eigenvalue weighted by Gasteiger charge is -2.01. The standard InChI is InChI=1S/C9H10BrNO/c1-7(6-12-2)9-8(10)4-3-5-11-9/h3-6H,1-2H3. The summed E-state index contributed by atoms with van der Waals surface area (Å²) < 4.78 is 5.87. The lowest BCUT2D eigenvalue weighted by atomic mass is 10.2. The van der Waals surface area contributed by atoms with E-state index in [0.717, 1.165) is 15.7 Å². The molecule has 1 aromatic heterocycles. The third-order valence-corrected chi connectivity index (χ3v) is 2.07. The zero-order chi connectivity index (χ0) is 8.97. The first kappa shape index (κ1) is 9.26. The third kappa shape index (κ3) is 2.08. The van der Waals surface area contributed by atoms with Crippen molar-refractivity contribution in [3.63, 3.8) is 0 Å². The van der Waals surface area contributed by atoms with E-state index < -0.39 is 0 Å². The number of hydrogen-bond donors (Lipinski definition) is 0. The van der Waals surface area contributed by atoms with Crippen LogP contribution in [-0.4, -0.2) is 12.1 Å². The number of nitrogens with zero attached hydrogens (tertiary/aromatic N) is 1. The predicted molar refractivity (Wildman–Crippen MR) is 52.6 cm³/mol. The Morgan fingerprint density at radius 1 is 1.67 bits per heavy atom. The summed E-state index contributed by atoms with van der Waals surface area (Å²) in [6, 6.07) is 3.84. The van der Waals surface area contributed by atoms with Gasteiger partial charge in [0, 0.05) is 16.2 Å². The van der Waals surface area contributed by atoms with E-state index in [2.05, 4.69) is 20.9 Å². The number of rotatable bonds is 2. The average Bonchev–Trinajstić information content (AvgIpc) is 2.05. The first-order chi connectivity index (χ1) is 5.75. The quantitative estimate of drug-likeness (QED) is 0.726. The Labute approximate surface area is 80.4 Å². The maximum absolute atomic E-state index is 4.89. The van der Waals surface area contributed by atoms with E-state index in [1.54, 1.807) is 19.6 Å². The van der Waals surface area contributed by atoms with Crippen LogP contribution in [0, 0.1) is 0 Å². The second-order valence-electron chi connectivity index (χ2n) is 2.37. The van der Waals surface area contributed by atoms with Gasteiger partial charge in [-0.2, -0.15) is 0 Å². The van der Waals surface area contributed by atoms with Crippen LogP contribution in [0.25, 0.3) is 5.57 Å². The van der Waals surface area contributed by atoms with Crippen LogP contribution in [0.4, 0.5) is 0 Å². The molecule has 0 unspecified atom stereocenters. The van der Waals surface area contributed by atoms with Crippen LogP contribution in [-0.2, 0) is 4.74 Å². The Hall–Kier alpha value is -0.830. The number of ether oxygens (including phenoxy) is 1. The largest absolute Gasteiger partial charge is 0.504 e. The van der Waals surface area contributed by atoms with Crippen LogP contribution in [0.1, 0.15) is 12.6 Å². The minimum atomic E-state index is 0.916. The van der Waals surface area contributed by atoms with Crippen LogP contribution >= 0.6 is 15.9 Å². The Kier molecular flexibility index (Phi) is 3.29. The van der Waals surface area contributed by atoms with Gasteiger partial charge in [0.15, 0.2) is 0 Å². The van der Waals surface area contributed by atoms with E-state index in [1.165, 1.54) is 0 Å². The van der Waals surface area contributed by atoms with Gasteiger partial charge in [-0.15, -0.1) is 0 Å². The first-order valence-electron chi connectivity index (χ1n) is 3.56. The molecule has 0 spiro atoms. The monoisotopic (exact) mass is 227 g/mol. The summed E-state index contributed by atoms with van der Waals surface area (Å²) in [5, 5.41) is 0. The smallest absolute Gasteiger partial charge is 0.0875 e. The van der Waals surface area contributed by atoms with Crippen LogP contribution < -0.4 is 0 Å². The van der Waals surface area contributed by atoms with Crippen molar-refractivity contribution in [3.8, 4) is 0 Å². The summed E-state index contributed by atoms with van der Waals surface area (Å²) in [6.07, 6.45) is 3.43. The van der Waals surface area contributed by atoms with Crippen LogP contribution in [0.3, 0.4) is 0 Å². The Balaban J connectivity index is 3.02. The van der Waals surface area contributed by atoms with E-state index in [-0.39, 0.29) is 0 Å².